The van der Waals surface area contributed by atoms with Crippen LogP contribution in [0.4, 0.5) is 4.79 Å². The second kappa shape index (κ2) is 6.56. The lowest BCUT2D eigenvalue weighted by Crippen LogP contribution is -2.54. The number of imide groups is 1. The molecule has 1 fully saturated rings. The summed E-state index contributed by atoms with van der Waals surface area (Å²) in [7, 11) is 1.49. The molecule has 0 aromatic heterocycles. The summed E-state index contributed by atoms with van der Waals surface area (Å²) in [5, 5.41) is 8.05. The summed E-state index contributed by atoms with van der Waals surface area (Å²) in [4.78, 5) is 24.6. The number of hydrogen-bond acceptors (Lipinski definition) is 4. The van der Waals surface area contributed by atoms with Crippen LogP contribution in [0.5, 0.6) is 0 Å². The van der Waals surface area contributed by atoms with Crippen LogP contribution in [0.2, 0.25) is 0 Å². The van der Waals surface area contributed by atoms with Crippen LogP contribution in [-0.2, 0) is 4.79 Å². The second-order valence-electron chi connectivity index (χ2n) is 4.61. The van der Waals surface area contributed by atoms with Crippen LogP contribution in [0, 0.1) is 0 Å². The van der Waals surface area contributed by atoms with E-state index in [9.17, 15) is 9.59 Å². The fourth-order valence-electron chi connectivity index (χ4n) is 2.13. The van der Waals surface area contributed by atoms with E-state index in [1.807, 2.05) is 0 Å². The van der Waals surface area contributed by atoms with Crippen molar-refractivity contribution in [2.45, 2.75) is 32.4 Å². The lowest BCUT2D eigenvalue weighted by Gasteiger charge is -2.35. The Morgan fingerprint density at radius 3 is 2.41 bits per heavy atom. The third-order valence-electron chi connectivity index (χ3n) is 2.77. The van der Waals surface area contributed by atoms with Gasteiger partial charge in [0.05, 0.1) is 0 Å². The minimum atomic E-state index is -0.447. The number of urea groups is 1. The zero-order valence-corrected chi connectivity index (χ0v) is 10.7. The zero-order chi connectivity index (χ0) is 12.8. The number of carbonyl (C=O) groups is 2. The maximum absolute atomic E-state index is 11.4. The quantitative estimate of drug-likeness (QED) is 0.624. The molecule has 1 rings (SSSR count). The van der Waals surface area contributed by atoms with Crippen LogP contribution in [0.25, 0.3) is 0 Å². The number of carbonyl (C=O) groups excluding carboxylic acids is 2. The van der Waals surface area contributed by atoms with Crippen LogP contribution in [0.3, 0.4) is 0 Å². The van der Waals surface area contributed by atoms with Gasteiger partial charge in [-0.3, -0.25) is 15.0 Å². The van der Waals surface area contributed by atoms with Gasteiger partial charge in [-0.25, -0.2) is 4.79 Å². The molecule has 2 unspecified atom stereocenters. The minimum absolute atomic E-state index is 0.233. The molecule has 3 amide bonds. The summed E-state index contributed by atoms with van der Waals surface area (Å²) in [5.74, 6) is -0.233. The Morgan fingerprint density at radius 2 is 1.88 bits per heavy atom. The molecule has 0 aromatic carbocycles. The monoisotopic (exact) mass is 242 g/mol. The maximum atomic E-state index is 11.4. The average molecular weight is 242 g/mol. The standard InChI is InChI=1S/C11H22N4O2/c1-8-6-15(7-9(2)13-8)5-4-10(16)14-11(17)12-3/h8-9,13H,4-7H2,1-3H3,(H2,12,14,16,17). The predicted molar refractivity (Wildman–Crippen MR) is 65.7 cm³/mol. The van der Waals surface area contributed by atoms with Gasteiger partial charge in [0, 0.05) is 45.2 Å². The molecule has 1 aliphatic rings. The van der Waals surface area contributed by atoms with E-state index in [0.29, 0.717) is 25.0 Å². The maximum Gasteiger partial charge on any atom is 0.321 e. The molecular formula is C11H22N4O2. The number of amides is 3. The van der Waals surface area contributed by atoms with Crippen molar-refractivity contribution in [3.63, 3.8) is 0 Å². The number of piperazine rings is 1. The number of hydrogen-bond donors (Lipinski definition) is 3. The van der Waals surface area contributed by atoms with Gasteiger partial charge < -0.3 is 10.6 Å². The van der Waals surface area contributed by atoms with Crippen molar-refractivity contribution in [1.82, 2.24) is 20.9 Å². The molecule has 0 spiro atoms. The normalized spacial score (nSPS) is 25.4. The zero-order valence-electron chi connectivity index (χ0n) is 10.7. The highest BCUT2D eigenvalue weighted by Crippen LogP contribution is 2.04. The van der Waals surface area contributed by atoms with Crippen LogP contribution >= 0.6 is 0 Å². The van der Waals surface area contributed by atoms with E-state index in [1.165, 1.54) is 7.05 Å². The third-order valence-corrected chi connectivity index (χ3v) is 2.77. The van der Waals surface area contributed by atoms with Crippen molar-refractivity contribution in [2.24, 2.45) is 0 Å². The molecule has 0 aliphatic carbocycles. The average Bonchev–Trinajstić information content (AvgIpc) is 2.25. The van der Waals surface area contributed by atoms with Gasteiger partial charge in [-0.15, -0.1) is 0 Å². The summed E-state index contributed by atoms with van der Waals surface area (Å²) in [6.07, 6.45) is 0.354. The highest BCUT2D eigenvalue weighted by molar-refractivity contribution is 5.94. The molecular weight excluding hydrogens is 220 g/mol. The van der Waals surface area contributed by atoms with Gasteiger partial charge in [0.1, 0.15) is 0 Å². The molecule has 6 heteroatoms. The Hall–Kier alpha value is -1.14. The topological polar surface area (TPSA) is 73.5 Å². The first-order valence-corrected chi connectivity index (χ1v) is 6.01. The van der Waals surface area contributed by atoms with Crippen molar-refractivity contribution >= 4 is 11.9 Å². The minimum Gasteiger partial charge on any atom is -0.341 e. The van der Waals surface area contributed by atoms with Crippen LogP contribution < -0.4 is 16.0 Å². The van der Waals surface area contributed by atoms with Crippen molar-refractivity contribution < 1.29 is 9.59 Å². The molecule has 1 saturated heterocycles. The Morgan fingerprint density at radius 1 is 1.29 bits per heavy atom. The predicted octanol–water partition coefficient (Wildman–Crippen LogP) is -0.486. The highest BCUT2D eigenvalue weighted by Gasteiger charge is 2.21. The van der Waals surface area contributed by atoms with E-state index in [4.69, 9.17) is 0 Å². The second-order valence-corrected chi connectivity index (χ2v) is 4.61. The van der Waals surface area contributed by atoms with E-state index in [2.05, 4.69) is 34.7 Å². The fraction of sp³-hybridized carbons (Fsp3) is 0.818. The first-order valence-electron chi connectivity index (χ1n) is 6.01. The SMILES string of the molecule is CNC(=O)NC(=O)CCN1CC(C)NC(C)C1. The van der Waals surface area contributed by atoms with Crippen LogP contribution in [0.15, 0.2) is 0 Å². The number of rotatable bonds is 3. The Bertz CT molecular complexity index is 273. The molecule has 6 nitrogen and oxygen atoms in total. The van der Waals surface area contributed by atoms with Gasteiger partial charge in [0.15, 0.2) is 0 Å². The molecule has 1 heterocycles. The Kier molecular flexibility index (Phi) is 5.37. The summed E-state index contributed by atoms with van der Waals surface area (Å²) in [6.45, 7) is 6.84. The summed E-state index contributed by atoms with van der Waals surface area (Å²) < 4.78 is 0. The molecule has 17 heavy (non-hydrogen) atoms. The number of nitrogens with zero attached hydrogens (tertiary/aromatic N) is 1. The van der Waals surface area contributed by atoms with Crippen LogP contribution in [-0.4, -0.2) is 55.6 Å². The molecule has 2 atom stereocenters. The van der Waals surface area contributed by atoms with E-state index in [0.717, 1.165) is 13.1 Å². The smallest absolute Gasteiger partial charge is 0.321 e. The molecule has 1 aliphatic heterocycles. The van der Waals surface area contributed by atoms with Gasteiger partial charge >= 0.3 is 6.03 Å². The molecule has 0 bridgehead atoms. The van der Waals surface area contributed by atoms with Crippen molar-refractivity contribution in [3.8, 4) is 0 Å². The molecule has 0 aromatic rings. The molecule has 0 radical (unpaired) electrons. The van der Waals surface area contributed by atoms with E-state index < -0.39 is 6.03 Å². The van der Waals surface area contributed by atoms with Gasteiger partial charge in [-0.05, 0) is 13.8 Å². The van der Waals surface area contributed by atoms with Gasteiger partial charge in [-0.1, -0.05) is 0 Å². The Labute approximate surface area is 102 Å². The summed E-state index contributed by atoms with van der Waals surface area (Å²) in [5.41, 5.74) is 0. The first-order chi connectivity index (χ1) is 8.01. The van der Waals surface area contributed by atoms with E-state index >= 15 is 0 Å². The lowest BCUT2D eigenvalue weighted by atomic mass is 10.1. The van der Waals surface area contributed by atoms with Gasteiger partial charge in [-0.2, -0.15) is 0 Å². The molecule has 3 N–H and O–H groups in total. The summed E-state index contributed by atoms with van der Waals surface area (Å²) >= 11 is 0. The van der Waals surface area contributed by atoms with Crippen molar-refractivity contribution in [3.05, 3.63) is 0 Å². The summed E-state index contributed by atoms with van der Waals surface area (Å²) in [6, 6.07) is 0.443. The van der Waals surface area contributed by atoms with Crippen LogP contribution in [0.1, 0.15) is 20.3 Å². The van der Waals surface area contributed by atoms with E-state index in [-0.39, 0.29) is 5.91 Å². The first kappa shape index (κ1) is 13.9. The van der Waals surface area contributed by atoms with Gasteiger partial charge in [0.2, 0.25) is 5.91 Å². The van der Waals surface area contributed by atoms with Crippen molar-refractivity contribution in [2.75, 3.05) is 26.7 Å². The fourth-order valence-corrected chi connectivity index (χ4v) is 2.13. The highest BCUT2D eigenvalue weighted by atomic mass is 16.2. The third kappa shape index (κ3) is 5.14. The molecule has 0 saturated carbocycles. The lowest BCUT2D eigenvalue weighted by molar-refractivity contribution is -0.120. The number of nitrogens with one attached hydrogen (secondary N) is 3. The van der Waals surface area contributed by atoms with E-state index in [1.54, 1.807) is 0 Å². The largest absolute Gasteiger partial charge is 0.341 e. The van der Waals surface area contributed by atoms with Crippen molar-refractivity contribution in [1.29, 1.82) is 0 Å². The Balaban J connectivity index is 2.25. The molecule has 98 valence electrons. The van der Waals surface area contributed by atoms with Gasteiger partial charge in [0.25, 0.3) is 0 Å².